The number of nitrogens with two attached hydrogens (primary N) is 1. The van der Waals surface area contributed by atoms with Crippen molar-refractivity contribution in [1.29, 1.82) is 0 Å². The van der Waals surface area contributed by atoms with E-state index in [1.54, 1.807) is 0 Å². The van der Waals surface area contributed by atoms with Crippen LogP contribution in [0.15, 0.2) is 12.1 Å². The molecule has 17 heavy (non-hydrogen) atoms. The Bertz CT molecular complexity index is 433. The van der Waals surface area contributed by atoms with E-state index in [1.807, 2.05) is 30.9 Å². The second kappa shape index (κ2) is 4.71. The van der Waals surface area contributed by atoms with Crippen LogP contribution < -0.4 is 16.0 Å². The molecule has 2 heterocycles. The summed E-state index contributed by atoms with van der Waals surface area (Å²) >= 11 is 0. The molecule has 5 nitrogen and oxygen atoms in total. The van der Waals surface area contributed by atoms with Crippen LogP contribution in [0.2, 0.25) is 0 Å². The van der Waals surface area contributed by atoms with Gasteiger partial charge in [-0.2, -0.15) is 0 Å². The Hall–Kier alpha value is -1.62. The van der Waals surface area contributed by atoms with Gasteiger partial charge in [0, 0.05) is 30.9 Å². The Balaban J connectivity index is 2.37. The summed E-state index contributed by atoms with van der Waals surface area (Å²) < 4.78 is 0. The molecule has 3 N–H and O–H groups in total. The lowest BCUT2D eigenvalue weighted by Gasteiger charge is -2.35. The molecule has 0 saturated carbocycles. The van der Waals surface area contributed by atoms with E-state index in [-0.39, 0.29) is 11.9 Å². The average Bonchev–Trinajstić information content (AvgIpc) is 2.33. The molecule has 0 radical (unpaired) electrons. The van der Waals surface area contributed by atoms with Crippen LogP contribution in [0.5, 0.6) is 0 Å². The number of hydrogen-bond acceptors (Lipinski definition) is 4. The highest BCUT2D eigenvalue weighted by Gasteiger charge is 2.27. The van der Waals surface area contributed by atoms with Crippen LogP contribution in [-0.4, -0.2) is 30.0 Å². The van der Waals surface area contributed by atoms with Crippen LogP contribution in [-0.2, 0) is 11.3 Å². The average molecular weight is 234 g/mol. The molecular weight excluding hydrogens is 216 g/mol. The van der Waals surface area contributed by atoms with Crippen molar-refractivity contribution in [3.63, 3.8) is 0 Å². The van der Waals surface area contributed by atoms with Gasteiger partial charge < -0.3 is 16.0 Å². The molecule has 0 bridgehead atoms. The van der Waals surface area contributed by atoms with Gasteiger partial charge in [-0.1, -0.05) is 6.07 Å². The van der Waals surface area contributed by atoms with Gasteiger partial charge in [-0.25, -0.2) is 4.98 Å². The van der Waals surface area contributed by atoms with Crippen molar-refractivity contribution in [2.45, 2.75) is 26.4 Å². The molecule has 1 amide bonds. The molecule has 1 unspecified atom stereocenters. The number of carbonyl (C=O) groups excluding carboxylic acids is 1. The zero-order valence-electron chi connectivity index (χ0n) is 10.2. The Morgan fingerprint density at radius 3 is 3.06 bits per heavy atom. The fraction of sp³-hybridized carbons (Fsp3) is 0.500. The second-order valence-electron chi connectivity index (χ2n) is 4.30. The van der Waals surface area contributed by atoms with Crippen molar-refractivity contribution in [3.05, 3.63) is 23.4 Å². The predicted molar refractivity (Wildman–Crippen MR) is 66.7 cm³/mol. The van der Waals surface area contributed by atoms with E-state index in [0.29, 0.717) is 13.1 Å². The Labute approximate surface area is 101 Å². The highest BCUT2D eigenvalue weighted by molar-refractivity contribution is 5.86. The quantitative estimate of drug-likeness (QED) is 0.765. The number of pyridine rings is 1. The number of amides is 1. The molecule has 1 fully saturated rings. The largest absolute Gasteiger partial charge is 0.353 e. The van der Waals surface area contributed by atoms with Gasteiger partial charge in [0.15, 0.2) is 0 Å². The third-order valence-electron chi connectivity index (χ3n) is 3.09. The molecule has 0 spiro atoms. The first-order valence-corrected chi connectivity index (χ1v) is 5.84. The van der Waals surface area contributed by atoms with Crippen molar-refractivity contribution < 1.29 is 4.79 Å². The smallest absolute Gasteiger partial charge is 0.242 e. The molecule has 1 aliphatic heterocycles. The number of aryl methyl sites for hydroxylation is 1. The zero-order chi connectivity index (χ0) is 12.4. The summed E-state index contributed by atoms with van der Waals surface area (Å²) in [4.78, 5) is 18.2. The van der Waals surface area contributed by atoms with Crippen molar-refractivity contribution in [3.8, 4) is 0 Å². The summed E-state index contributed by atoms with van der Waals surface area (Å²) in [5, 5.41) is 2.84. The normalized spacial score (nSPS) is 20.3. The van der Waals surface area contributed by atoms with E-state index in [0.717, 1.165) is 23.6 Å². The SMILES string of the molecule is Cc1ccc(CN)c(N2CCNC(=O)C2C)n1. The first-order chi connectivity index (χ1) is 8.13. The maximum absolute atomic E-state index is 11.7. The Kier molecular flexibility index (Phi) is 3.28. The van der Waals surface area contributed by atoms with Crippen LogP contribution in [0.1, 0.15) is 18.2 Å². The number of carbonyl (C=O) groups is 1. The molecule has 92 valence electrons. The summed E-state index contributed by atoms with van der Waals surface area (Å²) in [6.07, 6.45) is 0. The Morgan fingerprint density at radius 1 is 1.59 bits per heavy atom. The fourth-order valence-corrected chi connectivity index (χ4v) is 2.05. The van der Waals surface area contributed by atoms with Gasteiger partial charge in [0.05, 0.1) is 0 Å². The number of aromatic nitrogens is 1. The molecule has 5 heteroatoms. The van der Waals surface area contributed by atoms with E-state index in [2.05, 4.69) is 10.3 Å². The molecule has 2 rings (SSSR count). The van der Waals surface area contributed by atoms with Gasteiger partial charge in [0.2, 0.25) is 5.91 Å². The first-order valence-electron chi connectivity index (χ1n) is 5.84. The molecule has 0 aromatic carbocycles. The predicted octanol–water partition coefficient (Wildman–Crippen LogP) is 0.173. The van der Waals surface area contributed by atoms with Crippen LogP contribution in [0, 0.1) is 6.92 Å². The van der Waals surface area contributed by atoms with Gasteiger partial charge in [0.1, 0.15) is 11.9 Å². The number of rotatable bonds is 2. The van der Waals surface area contributed by atoms with Gasteiger partial charge in [-0.15, -0.1) is 0 Å². The lowest BCUT2D eigenvalue weighted by molar-refractivity contribution is -0.122. The Morgan fingerprint density at radius 2 is 2.35 bits per heavy atom. The van der Waals surface area contributed by atoms with E-state index in [4.69, 9.17) is 5.73 Å². The van der Waals surface area contributed by atoms with Crippen molar-refractivity contribution in [1.82, 2.24) is 10.3 Å². The van der Waals surface area contributed by atoms with E-state index < -0.39 is 0 Å². The summed E-state index contributed by atoms with van der Waals surface area (Å²) in [5.74, 6) is 0.886. The third-order valence-corrected chi connectivity index (χ3v) is 3.09. The summed E-state index contributed by atoms with van der Waals surface area (Å²) in [5.41, 5.74) is 7.64. The van der Waals surface area contributed by atoms with Crippen LogP contribution in [0.4, 0.5) is 5.82 Å². The number of piperazine rings is 1. The lowest BCUT2D eigenvalue weighted by atomic mass is 10.1. The fourth-order valence-electron chi connectivity index (χ4n) is 2.05. The number of nitrogens with one attached hydrogen (secondary N) is 1. The number of hydrogen-bond donors (Lipinski definition) is 2. The third kappa shape index (κ3) is 2.24. The van der Waals surface area contributed by atoms with Gasteiger partial charge in [-0.05, 0) is 19.9 Å². The van der Waals surface area contributed by atoms with E-state index >= 15 is 0 Å². The van der Waals surface area contributed by atoms with Gasteiger partial charge >= 0.3 is 0 Å². The molecule has 1 aliphatic rings. The minimum atomic E-state index is -0.191. The van der Waals surface area contributed by atoms with Gasteiger partial charge in [-0.3, -0.25) is 4.79 Å². The van der Waals surface area contributed by atoms with Crippen LogP contribution in [0.3, 0.4) is 0 Å². The minimum absolute atomic E-state index is 0.0440. The molecular formula is C12H18N4O. The maximum Gasteiger partial charge on any atom is 0.242 e. The maximum atomic E-state index is 11.7. The summed E-state index contributed by atoms with van der Waals surface area (Å²) in [6.45, 7) is 5.70. The van der Waals surface area contributed by atoms with Crippen molar-refractivity contribution in [2.75, 3.05) is 18.0 Å². The van der Waals surface area contributed by atoms with Crippen LogP contribution >= 0.6 is 0 Å². The number of anilines is 1. The lowest BCUT2D eigenvalue weighted by Crippen LogP contribution is -2.54. The highest BCUT2D eigenvalue weighted by atomic mass is 16.2. The van der Waals surface area contributed by atoms with E-state index in [1.165, 1.54) is 0 Å². The summed E-state index contributed by atoms with van der Waals surface area (Å²) in [6, 6.07) is 3.74. The zero-order valence-corrected chi connectivity index (χ0v) is 10.2. The molecule has 1 saturated heterocycles. The monoisotopic (exact) mass is 234 g/mol. The topological polar surface area (TPSA) is 71.2 Å². The molecule has 0 aliphatic carbocycles. The highest BCUT2D eigenvalue weighted by Crippen LogP contribution is 2.21. The minimum Gasteiger partial charge on any atom is -0.353 e. The van der Waals surface area contributed by atoms with E-state index in [9.17, 15) is 4.79 Å². The van der Waals surface area contributed by atoms with Crippen LogP contribution in [0.25, 0.3) is 0 Å². The standard InChI is InChI=1S/C12H18N4O/c1-8-3-4-10(7-13)11(15-8)16-6-5-14-12(17)9(16)2/h3-4,9H,5-7,13H2,1-2H3,(H,14,17). The molecule has 1 aromatic heterocycles. The van der Waals surface area contributed by atoms with Crippen molar-refractivity contribution in [2.24, 2.45) is 5.73 Å². The second-order valence-corrected chi connectivity index (χ2v) is 4.30. The van der Waals surface area contributed by atoms with Gasteiger partial charge in [0.25, 0.3) is 0 Å². The van der Waals surface area contributed by atoms with Crippen molar-refractivity contribution >= 4 is 11.7 Å². The number of nitrogens with zero attached hydrogens (tertiary/aromatic N) is 2. The first kappa shape index (κ1) is 11.9. The summed E-state index contributed by atoms with van der Waals surface area (Å²) in [7, 11) is 0. The molecule has 1 atom stereocenters. The molecule has 1 aromatic rings.